The number of hydrogen-bond acceptors (Lipinski definition) is 7. The van der Waals surface area contributed by atoms with Crippen LogP contribution in [-0.2, 0) is 28.9 Å². The van der Waals surface area contributed by atoms with Crippen molar-refractivity contribution in [3.8, 4) is 17.2 Å². The topological polar surface area (TPSA) is 126 Å². The smallest absolute Gasteiger partial charge is 0.414 e. The quantitative estimate of drug-likeness (QED) is 0.321. The Hall–Kier alpha value is -3.30. The first kappa shape index (κ1) is 29.9. The van der Waals surface area contributed by atoms with Crippen LogP contribution in [0.1, 0.15) is 42.4 Å². The first-order valence-corrected chi connectivity index (χ1v) is 12.3. The van der Waals surface area contributed by atoms with Crippen molar-refractivity contribution in [1.82, 2.24) is 4.90 Å². The number of carboxylic acid groups (broad SMARTS) is 2. The molecule has 1 aliphatic rings. The molecule has 0 unspecified atom stereocenters. The van der Waals surface area contributed by atoms with E-state index in [0.29, 0.717) is 0 Å². The van der Waals surface area contributed by atoms with E-state index in [1.54, 1.807) is 21.3 Å². The number of rotatable bonds is 10. The SMILES string of the molecule is COc1ccc(CCN(C)CCCC2(O)CCc3cc(OC)c(OC)cc3CC2)cc1.O=C(O)C(=O)O. The van der Waals surface area contributed by atoms with Crippen LogP contribution >= 0.6 is 0 Å². The molecule has 0 saturated heterocycles. The number of ether oxygens (including phenoxy) is 3. The van der Waals surface area contributed by atoms with Gasteiger partial charge in [-0.25, -0.2) is 9.59 Å². The van der Waals surface area contributed by atoms with Gasteiger partial charge in [-0.3, -0.25) is 0 Å². The first-order chi connectivity index (χ1) is 17.6. The molecule has 37 heavy (non-hydrogen) atoms. The summed E-state index contributed by atoms with van der Waals surface area (Å²) < 4.78 is 16.1. The normalized spacial score (nSPS) is 14.0. The van der Waals surface area contributed by atoms with Gasteiger partial charge in [0.05, 0.1) is 26.9 Å². The summed E-state index contributed by atoms with van der Waals surface area (Å²) in [5, 5.41) is 26.0. The molecule has 0 aliphatic heterocycles. The van der Waals surface area contributed by atoms with E-state index < -0.39 is 17.5 Å². The summed E-state index contributed by atoms with van der Waals surface area (Å²) >= 11 is 0. The summed E-state index contributed by atoms with van der Waals surface area (Å²) in [7, 11) is 7.19. The lowest BCUT2D eigenvalue weighted by Crippen LogP contribution is -2.31. The van der Waals surface area contributed by atoms with Crippen LogP contribution in [0, 0.1) is 0 Å². The van der Waals surface area contributed by atoms with Crippen molar-refractivity contribution in [3.05, 3.63) is 53.1 Å². The zero-order chi connectivity index (χ0) is 27.4. The van der Waals surface area contributed by atoms with Crippen molar-refractivity contribution >= 4 is 11.9 Å². The number of aliphatic hydroxyl groups is 1. The molecule has 3 rings (SSSR count). The molecule has 9 nitrogen and oxygen atoms in total. The maximum atomic E-state index is 11.3. The predicted molar refractivity (Wildman–Crippen MR) is 140 cm³/mol. The third kappa shape index (κ3) is 9.59. The second-order valence-corrected chi connectivity index (χ2v) is 9.32. The number of fused-ring (bicyclic) bond motifs is 1. The number of benzene rings is 2. The number of methoxy groups -OCH3 is 3. The molecular weight excluding hydrogens is 478 g/mol. The van der Waals surface area contributed by atoms with Crippen LogP contribution in [0.4, 0.5) is 0 Å². The third-order valence-electron chi connectivity index (χ3n) is 6.73. The number of likely N-dealkylation sites (N-methyl/N-ethyl adjacent to an activating group) is 1. The van der Waals surface area contributed by atoms with Crippen LogP contribution in [0.3, 0.4) is 0 Å². The van der Waals surface area contributed by atoms with Gasteiger partial charge in [-0.05, 0) is 99.5 Å². The molecule has 0 saturated carbocycles. The Balaban J connectivity index is 0.000000717. The van der Waals surface area contributed by atoms with Crippen LogP contribution in [0.2, 0.25) is 0 Å². The highest BCUT2D eigenvalue weighted by Gasteiger charge is 2.30. The minimum Gasteiger partial charge on any atom is -0.497 e. The van der Waals surface area contributed by atoms with Gasteiger partial charge in [0.2, 0.25) is 0 Å². The lowest BCUT2D eigenvalue weighted by atomic mass is 9.89. The van der Waals surface area contributed by atoms with Crippen LogP contribution in [-0.4, -0.2) is 79.2 Å². The van der Waals surface area contributed by atoms with Crippen molar-refractivity contribution < 1.29 is 39.1 Å². The fraction of sp³-hybridized carbons (Fsp3) is 0.500. The molecule has 0 bridgehead atoms. The Bertz CT molecular complexity index is 975. The Kier molecular flexibility index (Phi) is 11.7. The molecule has 2 aromatic carbocycles. The largest absolute Gasteiger partial charge is 0.497 e. The highest BCUT2D eigenvalue weighted by molar-refractivity contribution is 6.27. The number of nitrogens with zero attached hydrogens (tertiary/aromatic N) is 1. The van der Waals surface area contributed by atoms with E-state index in [1.165, 1.54) is 16.7 Å². The monoisotopic (exact) mass is 517 g/mol. The minimum atomic E-state index is -1.82. The number of hydrogen-bond donors (Lipinski definition) is 3. The molecule has 1 aliphatic carbocycles. The van der Waals surface area contributed by atoms with Gasteiger partial charge in [0, 0.05) is 6.54 Å². The van der Waals surface area contributed by atoms with Gasteiger partial charge in [-0.15, -0.1) is 0 Å². The van der Waals surface area contributed by atoms with E-state index in [4.69, 9.17) is 34.0 Å². The second-order valence-electron chi connectivity index (χ2n) is 9.32. The van der Waals surface area contributed by atoms with Crippen molar-refractivity contribution in [2.24, 2.45) is 0 Å². The van der Waals surface area contributed by atoms with E-state index in [-0.39, 0.29) is 0 Å². The van der Waals surface area contributed by atoms with Gasteiger partial charge < -0.3 is 34.4 Å². The molecule has 0 heterocycles. The Labute approximate surface area is 218 Å². The van der Waals surface area contributed by atoms with E-state index in [1.807, 2.05) is 12.1 Å². The Morgan fingerprint density at radius 3 is 1.81 bits per heavy atom. The van der Waals surface area contributed by atoms with E-state index in [0.717, 1.165) is 75.3 Å². The Morgan fingerprint density at radius 2 is 1.38 bits per heavy atom. The number of aliphatic carboxylic acids is 2. The summed E-state index contributed by atoms with van der Waals surface area (Å²) in [6.07, 6.45) is 6.19. The molecule has 2 aromatic rings. The molecule has 0 amide bonds. The van der Waals surface area contributed by atoms with Crippen molar-refractivity contribution in [3.63, 3.8) is 0 Å². The van der Waals surface area contributed by atoms with Crippen molar-refractivity contribution in [1.29, 1.82) is 0 Å². The highest BCUT2D eigenvalue weighted by Crippen LogP contribution is 2.37. The lowest BCUT2D eigenvalue weighted by Gasteiger charge is -2.27. The average molecular weight is 518 g/mol. The fourth-order valence-electron chi connectivity index (χ4n) is 4.44. The summed E-state index contributed by atoms with van der Waals surface area (Å²) in [6, 6.07) is 12.4. The third-order valence-corrected chi connectivity index (χ3v) is 6.73. The van der Waals surface area contributed by atoms with E-state index >= 15 is 0 Å². The van der Waals surface area contributed by atoms with Gasteiger partial charge >= 0.3 is 11.9 Å². The summed E-state index contributed by atoms with van der Waals surface area (Å²) in [4.78, 5) is 20.6. The molecule has 0 spiro atoms. The average Bonchev–Trinajstić information content (AvgIpc) is 3.05. The van der Waals surface area contributed by atoms with Crippen molar-refractivity contribution in [2.45, 2.75) is 50.5 Å². The zero-order valence-electron chi connectivity index (χ0n) is 22.2. The van der Waals surface area contributed by atoms with Crippen molar-refractivity contribution in [2.75, 3.05) is 41.5 Å². The molecule has 0 fully saturated rings. The zero-order valence-corrected chi connectivity index (χ0v) is 22.2. The maximum Gasteiger partial charge on any atom is 0.414 e. The summed E-state index contributed by atoms with van der Waals surface area (Å²) in [6.45, 7) is 2.00. The van der Waals surface area contributed by atoms with E-state index in [9.17, 15) is 5.11 Å². The van der Waals surface area contributed by atoms with Gasteiger partial charge in [-0.2, -0.15) is 0 Å². The molecule has 0 radical (unpaired) electrons. The lowest BCUT2D eigenvalue weighted by molar-refractivity contribution is -0.159. The summed E-state index contributed by atoms with van der Waals surface area (Å²) in [5.41, 5.74) is 3.25. The number of aryl methyl sites for hydroxylation is 2. The highest BCUT2D eigenvalue weighted by atomic mass is 16.5. The number of carbonyl (C=O) groups is 2. The molecule has 9 heteroatoms. The van der Waals surface area contributed by atoms with Crippen LogP contribution in [0.25, 0.3) is 0 Å². The van der Waals surface area contributed by atoms with Crippen LogP contribution in [0.15, 0.2) is 36.4 Å². The molecule has 204 valence electrons. The molecule has 0 aromatic heterocycles. The first-order valence-electron chi connectivity index (χ1n) is 12.3. The predicted octanol–water partition coefficient (Wildman–Crippen LogP) is 3.43. The minimum absolute atomic E-state index is 0.601. The number of carboxylic acids is 2. The summed E-state index contributed by atoms with van der Waals surface area (Å²) in [5.74, 6) is -1.21. The maximum absolute atomic E-state index is 11.3. The molecule has 3 N–H and O–H groups in total. The standard InChI is InChI=1S/C26H37NO4.C2H2O4/c1-27(17-12-20-6-8-23(29-2)9-7-20)16-5-13-26(28)14-10-21-18-24(30-3)25(31-4)19-22(21)11-15-26;3-1(4)2(5)6/h6-9,18-19,28H,5,10-17H2,1-4H3;(H,3,4)(H,5,6). The van der Waals surface area contributed by atoms with Crippen LogP contribution < -0.4 is 14.2 Å². The van der Waals surface area contributed by atoms with Gasteiger partial charge in [-0.1, -0.05) is 12.1 Å². The van der Waals surface area contributed by atoms with Gasteiger partial charge in [0.15, 0.2) is 11.5 Å². The second kappa shape index (κ2) is 14.4. The van der Waals surface area contributed by atoms with Crippen LogP contribution in [0.5, 0.6) is 17.2 Å². The van der Waals surface area contributed by atoms with Gasteiger partial charge in [0.1, 0.15) is 5.75 Å². The molecular formula is C28H39NO8. The van der Waals surface area contributed by atoms with E-state index in [2.05, 4.69) is 36.2 Å². The van der Waals surface area contributed by atoms with Gasteiger partial charge in [0.25, 0.3) is 0 Å². The molecule has 0 atom stereocenters. The fourth-order valence-corrected chi connectivity index (χ4v) is 4.44. The Morgan fingerprint density at radius 1 is 0.865 bits per heavy atom.